The van der Waals surface area contributed by atoms with Crippen LogP contribution in [-0.4, -0.2) is 57.6 Å². The van der Waals surface area contributed by atoms with Crippen LogP contribution in [-0.2, 0) is 9.59 Å². The van der Waals surface area contributed by atoms with E-state index in [1.54, 1.807) is 6.20 Å². The van der Waals surface area contributed by atoms with E-state index in [-0.39, 0.29) is 30.1 Å². The van der Waals surface area contributed by atoms with Crippen LogP contribution in [0.3, 0.4) is 0 Å². The maximum Gasteiger partial charge on any atom is 0.475 e. The molecule has 0 bridgehead atoms. The number of rotatable bonds is 11. The van der Waals surface area contributed by atoms with Crippen LogP contribution in [0.25, 0.3) is 10.9 Å². The van der Waals surface area contributed by atoms with Gasteiger partial charge in [-0.1, -0.05) is 26.7 Å². The molecule has 0 unspecified atom stereocenters. The molecule has 32 heavy (non-hydrogen) atoms. The van der Waals surface area contributed by atoms with Crippen LogP contribution in [0.4, 0.5) is 5.69 Å². The Labute approximate surface area is 188 Å². The van der Waals surface area contributed by atoms with Gasteiger partial charge in [-0.15, -0.1) is 0 Å². The molecule has 172 valence electrons. The van der Waals surface area contributed by atoms with Gasteiger partial charge in [-0.25, -0.2) is 0 Å². The van der Waals surface area contributed by atoms with E-state index in [0.717, 1.165) is 42.4 Å². The number of hydrogen-bond acceptors (Lipinski definition) is 6. The fourth-order valence-corrected chi connectivity index (χ4v) is 4.62. The summed E-state index contributed by atoms with van der Waals surface area (Å²) in [7, 11) is -1.61. The zero-order valence-electron chi connectivity index (χ0n) is 18.8. The zero-order chi connectivity index (χ0) is 22.8. The van der Waals surface area contributed by atoms with Gasteiger partial charge < -0.3 is 20.3 Å². The van der Waals surface area contributed by atoms with Crippen LogP contribution < -0.4 is 10.2 Å². The number of aromatic amines is 1. The lowest BCUT2D eigenvalue weighted by molar-refractivity contribution is -0.131. The zero-order valence-corrected chi connectivity index (χ0v) is 18.8. The second-order valence-electron chi connectivity index (χ2n) is 9.84. The predicted octanol–water partition coefficient (Wildman–Crippen LogP) is 2.06. The van der Waals surface area contributed by atoms with Gasteiger partial charge in [0.1, 0.15) is 0 Å². The number of anilines is 1. The Morgan fingerprint density at radius 1 is 1.28 bits per heavy atom. The smallest absolute Gasteiger partial charge is 0.426 e. The molecule has 1 saturated heterocycles. The van der Waals surface area contributed by atoms with Crippen LogP contribution in [0, 0.1) is 17.8 Å². The van der Waals surface area contributed by atoms with E-state index in [1.807, 2.05) is 32.0 Å². The van der Waals surface area contributed by atoms with Crippen LogP contribution in [0.5, 0.6) is 0 Å². The molecule has 0 spiro atoms. The van der Waals surface area contributed by atoms with Crippen molar-refractivity contribution in [2.75, 3.05) is 11.4 Å². The first kappa shape index (κ1) is 22.8. The molecule has 1 aromatic carbocycles. The molecule has 2 fully saturated rings. The fraction of sp³-hybridized carbons (Fsp3) is 0.609. The second-order valence-corrected chi connectivity index (χ2v) is 9.84. The normalized spacial score (nSPS) is 20.2. The van der Waals surface area contributed by atoms with Crippen molar-refractivity contribution >= 4 is 35.4 Å². The number of nitrogens with zero attached hydrogens (tertiary/aromatic N) is 2. The third-order valence-electron chi connectivity index (χ3n) is 6.69. The first-order chi connectivity index (χ1) is 15.3. The first-order valence-corrected chi connectivity index (χ1v) is 11.7. The van der Waals surface area contributed by atoms with Crippen molar-refractivity contribution in [2.45, 2.75) is 64.4 Å². The molecule has 1 amide bonds. The number of aromatic nitrogens is 2. The highest BCUT2D eigenvalue weighted by Crippen LogP contribution is 2.37. The summed E-state index contributed by atoms with van der Waals surface area (Å²) >= 11 is 0. The second kappa shape index (κ2) is 9.62. The van der Waals surface area contributed by atoms with Crippen molar-refractivity contribution in [1.29, 1.82) is 0 Å². The Bertz CT molecular complexity index is 958. The topological polar surface area (TPSA) is 119 Å². The summed E-state index contributed by atoms with van der Waals surface area (Å²) in [4.78, 5) is 28.3. The highest BCUT2D eigenvalue weighted by molar-refractivity contribution is 6.43. The van der Waals surface area contributed by atoms with E-state index in [1.165, 1.54) is 0 Å². The summed E-state index contributed by atoms with van der Waals surface area (Å²) in [5.74, 6) is -0.615. The third-order valence-corrected chi connectivity index (χ3v) is 6.69. The SMILES string of the molecule is CC(C)C[C@@H](NC(=O)[C@@H](CC(=O)[C@@H]1CCN1c1ccc2[nH]ncc2c1)CC1CC1)B(O)O. The molecule has 0 radical (unpaired) electrons. The van der Waals surface area contributed by atoms with Gasteiger partial charge in [0.25, 0.3) is 0 Å². The standard InChI is InChI=1S/C23H33BN4O4/c1-14(2)9-22(24(31)32)26-23(30)16(10-15-3-4-15)12-21(29)20-7-8-28(20)18-5-6-19-17(11-18)13-25-27-19/h5-6,11,13-16,20,22,31-32H,3-4,7-10,12H2,1-2H3,(H,25,27)(H,26,30)/t16-,20+,22-/m1/s1. The molecule has 8 nitrogen and oxygen atoms in total. The molecular weight excluding hydrogens is 407 g/mol. The van der Waals surface area contributed by atoms with E-state index in [4.69, 9.17) is 0 Å². The molecule has 1 aliphatic carbocycles. The van der Waals surface area contributed by atoms with Gasteiger partial charge in [0.05, 0.1) is 23.7 Å². The number of Topliss-reactive ketones (excluding diaryl/α,β-unsaturated/α-hetero) is 1. The largest absolute Gasteiger partial charge is 0.475 e. The molecular formula is C23H33BN4O4. The Balaban J connectivity index is 1.41. The molecule has 2 heterocycles. The quantitative estimate of drug-likeness (QED) is 0.398. The summed E-state index contributed by atoms with van der Waals surface area (Å²) in [5, 5.41) is 30.2. The monoisotopic (exact) mass is 440 g/mol. The molecule has 1 saturated carbocycles. The molecule has 1 aromatic heterocycles. The van der Waals surface area contributed by atoms with E-state index >= 15 is 0 Å². The average Bonchev–Trinajstić information content (AvgIpc) is 3.39. The van der Waals surface area contributed by atoms with Crippen molar-refractivity contribution in [3.63, 3.8) is 0 Å². The van der Waals surface area contributed by atoms with Crippen molar-refractivity contribution in [3.05, 3.63) is 24.4 Å². The molecule has 2 aliphatic rings. The number of benzene rings is 1. The van der Waals surface area contributed by atoms with Gasteiger partial charge in [-0.3, -0.25) is 14.7 Å². The third kappa shape index (κ3) is 5.32. The molecule has 2 aromatic rings. The summed E-state index contributed by atoms with van der Waals surface area (Å²) in [6, 6.07) is 5.78. The average molecular weight is 440 g/mol. The van der Waals surface area contributed by atoms with Crippen molar-refractivity contribution in [2.24, 2.45) is 17.8 Å². The van der Waals surface area contributed by atoms with Crippen LogP contribution in [0.15, 0.2) is 24.4 Å². The minimum absolute atomic E-state index is 0.0781. The molecule has 4 rings (SSSR count). The lowest BCUT2D eigenvalue weighted by Gasteiger charge is -2.42. The Morgan fingerprint density at radius 3 is 2.69 bits per heavy atom. The summed E-state index contributed by atoms with van der Waals surface area (Å²) in [6.45, 7) is 4.75. The van der Waals surface area contributed by atoms with Crippen molar-refractivity contribution in [1.82, 2.24) is 15.5 Å². The van der Waals surface area contributed by atoms with E-state index in [9.17, 15) is 19.6 Å². The number of H-pyrrole nitrogens is 1. The highest BCUT2D eigenvalue weighted by atomic mass is 16.4. The lowest BCUT2D eigenvalue weighted by Crippen LogP contribution is -2.54. The van der Waals surface area contributed by atoms with Crippen LogP contribution in [0.2, 0.25) is 0 Å². The number of ketones is 1. The van der Waals surface area contributed by atoms with Crippen LogP contribution >= 0.6 is 0 Å². The lowest BCUT2D eigenvalue weighted by atomic mass is 9.74. The highest BCUT2D eigenvalue weighted by Gasteiger charge is 2.39. The van der Waals surface area contributed by atoms with Gasteiger partial charge in [-0.2, -0.15) is 5.10 Å². The first-order valence-electron chi connectivity index (χ1n) is 11.7. The summed E-state index contributed by atoms with van der Waals surface area (Å²) in [6.07, 6.45) is 6.08. The predicted molar refractivity (Wildman–Crippen MR) is 124 cm³/mol. The van der Waals surface area contributed by atoms with Crippen molar-refractivity contribution < 1.29 is 19.6 Å². The number of carbonyl (C=O) groups is 2. The Hall–Kier alpha value is -2.39. The maximum absolute atomic E-state index is 13.2. The van der Waals surface area contributed by atoms with E-state index in [0.29, 0.717) is 18.8 Å². The fourth-order valence-electron chi connectivity index (χ4n) is 4.62. The van der Waals surface area contributed by atoms with Gasteiger partial charge in [0, 0.05) is 30.0 Å². The number of carbonyl (C=O) groups excluding carboxylic acids is 2. The summed E-state index contributed by atoms with van der Waals surface area (Å²) in [5.41, 5.74) is 1.95. The number of hydrogen-bond donors (Lipinski definition) is 4. The van der Waals surface area contributed by atoms with Crippen molar-refractivity contribution in [3.8, 4) is 0 Å². The minimum atomic E-state index is -1.61. The van der Waals surface area contributed by atoms with E-state index in [2.05, 4.69) is 20.4 Å². The molecule has 4 N–H and O–H groups in total. The van der Waals surface area contributed by atoms with Gasteiger partial charge >= 0.3 is 7.12 Å². The Morgan fingerprint density at radius 2 is 2.06 bits per heavy atom. The van der Waals surface area contributed by atoms with Gasteiger partial charge in [0.15, 0.2) is 5.78 Å². The van der Waals surface area contributed by atoms with Gasteiger partial charge in [0.2, 0.25) is 5.91 Å². The van der Waals surface area contributed by atoms with E-state index < -0.39 is 19.0 Å². The van der Waals surface area contributed by atoms with Crippen LogP contribution in [0.1, 0.15) is 52.4 Å². The Kier molecular flexibility index (Phi) is 6.86. The number of nitrogens with one attached hydrogen (secondary N) is 2. The number of amides is 1. The molecule has 9 heteroatoms. The number of fused-ring (bicyclic) bond motifs is 1. The van der Waals surface area contributed by atoms with Gasteiger partial charge in [-0.05, 0) is 49.3 Å². The molecule has 1 aliphatic heterocycles. The minimum Gasteiger partial charge on any atom is -0.426 e. The maximum atomic E-state index is 13.2. The molecule has 3 atom stereocenters. The summed E-state index contributed by atoms with van der Waals surface area (Å²) < 4.78 is 0.